The highest BCUT2D eigenvalue weighted by Gasteiger charge is 2.25. The van der Waals surface area contributed by atoms with Crippen LogP contribution >= 0.6 is 0 Å². The lowest BCUT2D eigenvalue weighted by atomic mass is 9.96. The molecule has 0 saturated carbocycles. The minimum absolute atomic E-state index is 0.0369. The molecule has 1 aliphatic rings. The second-order valence-corrected chi connectivity index (χ2v) is 4.87. The lowest BCUT2D eigenvalue weighted by molar-refractivity contribution is 0.366. The predicted molar refractivity (Wildman–Crippen MR) is 73.5 cm³/mol. The Balaban J connectivity index is 1.68. The van der Waals surface area contributed by atoms with Crippen molar-refractivity contribution in [1.82, 2.24) is 25.1 Å². The first kappa shape index (κ1) is 13.5. The maximum absolute atomic E-state index is 13.3. The molecule has 0 atom stereocenters. The highest BCUT2D eigenvalue weighted by Crippen LogP contribution is 2.28. The molecule has 0 amide bonds. The van der Waals surface area contributed by atoms with Gasteiger partial charge in [0.05, 0.1) is 13.3 Å². The van der Waals surface area contributed by atoms with Crippen LogP contribution in [0, 0.1) is 5.82 Å². The number of nitrogens with zero attached hydrogens (tertiary/aromatic N) is 5. The van der Waals surface area contributed by atoms with Crippen LogP contribution in [0.4, 0.5) is 16.3 Å². The van der Waals surface area contributed by atoms with Crippen molar-refractivity contribution >= 4 is 11.9 Å². The first-order valence-electron chi connectivity index (χ1n) is 6.66. The summed E-state index contributed by atoms with van der Waals surface area (Å²) in [6.45, 7) is 1.50. The van der Waals surface area contributed by atoms with Gasteiger partial charge in [-0.25, -0.2) is 4.98 Å². The summed E-state index contributed by atoms with van der Waals surface area (Å²) < 4.78 is 18.2. The number of nitrogens with one attached hydrogen (secondary N) is 1. The molecule has 112 valence electrons. The van der Waals surface area contributed by atoms with Gasteiger partial charge in [-0.15, -0.1) is 5.10 Å². The third-order valence-corrected chi connectivity index (χ3v) is 3.58. The number of anilines is 2. The number of ether oxygens (including phenoxy) is 1. The van der Waals surface area contributed by atoms with E-state index in [4.69, 9.17) is 10.5 Å². The van der Waals surface area contributed by atoms with E-state index in [1.807, 2.05) is 4.90 Å². The molecular formula is C12H16FN7O. The average molecular weight is 293 g/mol. The highest BCUT2D eigenvalue weighted by molar-refractivity contribution is 5.33. The summed E-state index contributed by atoms with van der Waals surface area (Å²) in [5.41, 5.74) is 5.52. The van der Waals surface area contributed by atoms with Crippen LogP contribution in [0.2, 0.25) is 0 Å². The molecule has 1 aliphatic heterocycles. The van der Waals surface area contributed by atoms with Crippen molar-refractivity contribution in [1.29, 1.82) is 0 Å². The van der Waals surface area contributed by atoms with Crippen molar-refractivity contribution in [2.24, 2.45) is 0 Å². The number of rotatable bonds is 3. The number of aromatic nitrogens is 5. The Morgan fingerprint density at radius 1 is 1.38 bits per heavy atom. The van der Waals surface area contributed by atoms with Gasteiger partial charge < -0.3 is 15.4 Å². The number of aromatic amines is 1. The van der Waals surface area contributed by atoms with Crippen LogP contribution in [0.5, 0.6) is 5.88 Å². The topological polar surface area (TPSA) is 106 Å². The van der Waals surface area contributed by atoms with E-state index in [0.29, 0.717) is 5.95 Å². The van der Waals surface area contributed by atoms with Gasteiger partial charge in [0.25, 0.3) is 5.88 Å². The van der Waals surface area contributed by atoms with Crippen molar-refractivity contribution in [3.63, 3.8) is 0 Å². The average Bonchev–Trinajstić information content (AvgIpc) is 2.94. The highest BCUT2D eigenvalue weighted by atomic mass is 19.1. The van der Waals surface area contributed by atoms with Crippen LogP contribution in [0.25, 0.3) is 0 Å². The fourth-order valence-corrected chi connectivity index (χ4v) is 2.46. The molecule has 9 heteroatoms. The number of halogens is 1. The van der Waals surface area contributed by atoms with Gasteiger partial charge in [0, 0.05) is 19.0 Å². The third kappa shape index (κ3) is 2.71. The maximum Gasteiger partial charge on any atom is 0.255 e. The van der Waals surface area contributed by atoms with Crippen molar-refractivity contribution in [2.45, 2.75) is 18.8 Å². The molecule has 2 aromatic heterocycles. The fraction of sp³-hybridized carbons (Fsp3) is 0.500. The van der Waals surface area contributed by atoms with E-state index < -0.39 is 5.82 Å². The monoisotopic (exact) mass is 293 g/mol. The van der Waals surface area contributed by atoms with E-state index in [0.717, 1.165) is 38.0 Å². The number of H-pyrrole nitrogens is 1. The van der Waals surface area contributed by atoms with Crippen molar-refractivity contribution in [3.8, 4) is 5.88 Å². The third-order valence-electron chi connectivity index (χ3n) is 3.58. The Bertz CT molecular complexity index is 624. The molecule has 21 heavy (non-hydrogen) atoms. The Morgan fingerprint density at radius 3 is 2.76 bits per heavy atom. The van der Waals surface area contributed by atoms with Crippen LogP contribution in [-0.2, 0) is 0 Å². The summed E-state index contributed by atoms with van der Waals surface area (Å²) in [6, 6.07) is 0. The van der Waals surface area contributed by atoms with E-state index >= 15 is 0 Å². The zero-order chi connectivity index (χ0) is 14.8. The summed E-state index contributed by atoms with van der Waals surface area (Å²) >= 11 is 0. The van der Waals surface area contributed by atoms with Crippen LogP contribution in [0.15, 0.2) is 6.20 Å². The molecule has 0 unspecified atom stereocenters. The Kier molecular flexibility index (Phi) is 3.55. The smallest absolute Gasteiger partial charge is 0.255 e. The largest absolute Gasteiger partial charge is 0.479 e. The van der Waals surface area contributed by atoms with E-state index in [1.54, 1.807) is 0 Å². The summed E-state index contributed by atoms with van der Waals surface area (Å²) in [6.07, 6.45) is 2.87. The number of nitrogens with two attached hydrogens (primary N) is 1. The number of hydrogen-bond acceptors (Lipinski definition) is 7. The minimum Gasteiger partial charge on any atom is -0.479 e. The first-order valence-corrected chi connectivity index (χ1v) is 6.66. The van der Waals surface area contributed by atoms with Gasteiger partial charge in [0.1, 0.15) is 5.82 Å². The van der Waals surface area contributed by atoms with Crippen LogP contribution in [0.3, 0.4) is 0 Å². The van der Waals surface area contributed by atoms with E-state index in [9.17, 15) is 4.39 Å². The number of methoxy groups -OCH3 is 1. The summed E-state index contributed by atoms with van der Waals surface area (Å²) in [5.74, 6) is 1.24. The second-order valence-electron chi connectivity index (χ2n) is 4.87. The standard InChI is InChI=1S/C12H16FN7O/c1-21-10-8(13)6-15-12(17-10)20-4-2-7(3-5-20)9-16-11(14)19-18-9/h6-7H,2-5H2,1H3,(H3,14,16,18,19). The Labute approximate surface area is 120 Å². The van der Waals surface area contributed by atoms with Gasteiger partial charge in [-0.2, -0.15) is 14.4 Å². The Morgan fingerprint density at radius 2 is 2.14 bits per heavy atom. The van der Waals surface area contributed by atoms with E-state index in [-0.39, 0.29) is 17.7 Å². The van der Waals surface area contributed by atoms with Crippen molar-refractivity contribution in [3.05, 3.63) is 17.8 Å². The summed E-state index contributed by atoms with van der Waals surface area (Å²) in [5, 5.41) is 6.70. The normalized spacial score (nSPS) is 16.2. The maximum atomic E-state index is 13.3. The minimum atomic E-state index is -0.562. The molecule has 1 saturated heterocycles. The van der Waals surface area contributed by atoms with Gasteiger partial charge in [-0.05, 0) is 12.8 Å². The van der Waals surface area contributed by atoms with Gasteiger partial charge in [0.2, 0.25) is 17.7 Å². The molecule has 3 N–H and O–H groups in total. The van der Waals surface area contributed by atoms with Crippen molar-refractivity contribution in [2.75, 3.05) is 30.8 Å². The van der Waals surface area contributed by atoms with Gasteiger partial charge in [-0.3, -0.25) is 5.10 Å². The number of nitrogen functional groups attached to an aromatic ring is 1. The van der Waals surface area contributed by atoms with Gasteiger partial charge >= 0.3 is 0 Å². The molecule has 3 heterocycles. The molecular weight excluding hydrogens is 277 g/mol. The Hall–Kier alpha value is -2.45. The van der Waals surface area contributed by atoms with E-state index in [2.05, 4.69) is 25.1 Å². The van der Waals surface area contributed by atoms with Gasteiger partial charge in [0.15, 0.2) is 0 Å². The van der Waals surface area contributed by atoms with Crippen molar-refractivity contribution < 1.29 is 9.13 Å². The van der Waals surface area contributed by atoms with E-state index in [1.165, 1.54) is 7.11 Å². The van der Waals surface area contributed by atoms with Gasteiger partial charge in [-0.1, -0.05) is 0 Å². The lowest BCUT2D eigenvalue weighted by Gasteiger charge is -2.30. The van der Waals surface area contributed by atoms with Crippen LogP contribution < -0.4 is 15.4 Å². The summed E-state index contributed by atoms with van der Waals surface area (Å²) in [4.78, 5) is 14.3. The molecule has 0 spiro atoms. The fourth-order valence-electron chi connectivity index (χ4n) is 2.46. The second kappa shape index (κ2) is 5.51. The lowest BCUT2D eigenvalue weighted by Crippen LogP contribution is -2.34. The molecule has 1 fully saturated rings. The van der Waals surface area contributed by atoms with Crippen LogP contribution in [-0.4, -0.2) is 45.3 Å². The van der Waals surface area contributed by atoms with Crippen LogP contribution in [0.1, 0.15) is 24.6 Å². The predicted octanol–water partition coefficient (Wildman–Crippen LogP) is 0.709. The zero-order valence-electron chi connectivity index (χ0n) is 11.6. The number of hydrogen-bond donors (Lipinski definition) is 2. The molecule has 0 aromatic carbocycles. The first-order chi connectivity index (χ1) is 10.2. The quantitative estimate of drug-likeness (QED) is 0.858. The molecule has 0 aliphatic carbocycles. The molecule has 8 nitrogen and oxygen atoms in total. The number of piperidine rings is 1. The molecule has 0 bridgehead atoms. The molecule has 0 radical (unpaired) electrons. The SMILES string of the molecule is COc1nc(N2CCC(c3nc(N)n[nH]3)CC2)ncc1F. The molecule has 2 aromatic rings. The zero-order valence-corrected chi connectivity index (χ0v) is 11.6. The molecule has 3 rings (SSSR count). The summed E-state index contributed by atoms with van der Waals surface area (Å²) in [7, 11) is 1.38.